The lowest BCUT2D eigenvalue weighted by Gasteiger charge is -1.98. The Hall–Kier alpha value is 0. The molecule has 0 aromatic carbocycles. The van der Waals surface area contributed by atoms with Crippen LogP contribution in [0.5, 0.6) is 0 Å². The zero-order chi connectivity index (χ0) is 6.15. The maximum atomic E-state index is 2.30. The molecule has 0 heterocycles. The molecule has 1 rings (SSSR count). The Balaban J connectivity index is 2.16. The van der Waals surface area contributed by atoms with Crippen molar-refractivity contribution in [1.82, 2.24) is 0 Å². The van der Waals surface area contributed by atoms with Crippen LogP contribution in [-0.2, 0) is 0 Å². The van der Waals surface area contributed by atoms with Gasteiger partial charge >= 0.3 is 0 Å². The first-order valence-corrected chi connectivity index (χ1v) is 3.61. The maximum absolute atomic E-state index is 2.30. The van der Waals surface area contributed by atoms with Crippen molar-refractivity contribution in [3.05, 3.63) is 5.92 Å². The summed E-state index contributed by atoms with van der Waals surface area (Å²) in [5.41, 5.74) is 0. The van der Waals surface area contributed by atoms with Crippen LogP contribution in [0.15, 0.2) is 0 Å². The van der Waals surface area contributed by atoms with E-state index in [1.54, 1.807) is 5.92 Å². The van der Waals surface area contributed by atoms with Crippen molar-refractivity contribution in [1.29, 1.82) is 0 Å². The van der Waals surface area contributed by atoms with E-state index in [1.807, 2.05) is 0 Å². The van der Waals surface area contributed by atoms with E-state index in [4.69, 9.17) is 0 Å². The lowest BCUT2D eigenvalue weighted by atomic mass is 10.1. The van der Waals surface area contributed by atoms with Gasteiger partial charge in [-0.3, -0.25) is 0 Å². The molecule has 0 aromatic heterocycles. The molecule has 0 aliphatic heterocycles. The molecule has 0 N–H and O–H groups in total. The van der Waals surface area contributed by atoms with E-state index in [-0.39, 0.29) is 0 Å². The Morgan fingerprint density at radius 2 is 2.25 bits per heavy atom. The van der Waals surface area contributed by atoms with Crippen LogP contribution >= 0.6 is 0 Å². The maximum Gasteiger partial charge on any atom is -0.0182 e. The summed E-state index contributed by atoms with van der Waals surface area (Å²) in [4.78, 5) is 0. The molecule has 0 amide bonds. The van der Waals surface area contributed by atoms with Gasteiger partial charge in [0.1, 0.15) is 0 Å². The van der Waals surface area contributed by atoms with Crippen molar-refractivity contribution in [3.63, 3.8) is 0 Å². The SMILES string of the molecule is CCC1C[C]1C(C)C. The van der Waals surface area contributed by atoms with Gasteiger partial charge in [-0.2, -0.15) is 0 Å². The van der Waals surface area contributed by atoms with Crippen molar-refractivity contribution in [2.24, 2.45) is 11.8 Å². The fraction of sp³-hybridized carbons (Fsp3) is 0.875. The van der Waals surface area contributed by atoms with Gasteiger partial charge in [-0.05, 0) is 24.2 Å². The summed E-state index contributed by atoms with van der Waals surface area (Å²) in [6, 6.07) is 0. The molecule has 0 spiro atoms. The van der Waals surface area contributed by atoms with E-state index in [1.165, 1.54) is 12.8 Å². The van der Waals surface area contributed by atoms with E-state index >= 15 is 0 Å². The van der Waals surface area contributed by atoms with E-state index in [0.29, 0.717) is 0 Å². The summed E-state index contributed by atoms with van der Waals surface area (Å²) in [5, 5.41) is 0. The highest BCUT2D eigenvalue weighted by molar-refractivity contribution is 5.14. The molecule has 0 saturated heterocycles. The molecule has 8 heavy (non-hydrogen) atoms. The smallest absolute Gasteiger partial charge is 0.0182 e. The van der Waals surface area contributed by atoms with Crippen molar-refractivity contribution in [3.8, 4) is 0 Å². The molecular formula is C8H15. The zero-order valence-corrected chi connectivity index (χ0v) is 6.07. The second-order valence-electron chi connectivity index (χ2n) is 3.04. The number of hydrogen-bond donors (Lipinski definition) is 0. The molecular weight excluding hydrogens is 96.1 g/mol. The molecule has 0 nitrogen and oxygen atoms in total. The average Bonchev–Trinajstić information content (AvgIpc) is 2.42. The van der Waals surface area contributed by atoms with Crippen molar-refractivity contribution < 1.29 is 0 Å². The summed E-state index contributed by atoms with van der Waals surface area (Å²) in [5.74, 6) is 3.67. The van der Waals surface area contributed by atoms with Crippen LogP contribution in [0.25, 0.3) is 0 Å². The van der Waals surface area contributed by atoms with E-state index in [9.17, 15) is 0 Å². The molecule has 1 radical (unpaired) electrons. The second kappa shape index (κ2) is 2.08. The Bertz CT molecular complexity index is 74.1. The highest BCUT2D eigenvalue weighted by Gasteiger charge is 2.37. The van der Waals surface area contributed by atoms with Crippen LogP contribution in [0.2, 0.25) is 0 Å². The first-order chi connectivity index (χ1) is 3.75. The van der Waals surface area contributed by atoms with Crippen LogP contribution in [0, 0.1) is 17.8 Å². The summed E-state index contributed by atoms with van der Waals surface area (Å²) in [6.07, 6.45) is 2.79. The predicted octanol–water partition coefficient (Wildman–Crippen LogP) is 2.65. The Morgan fingerprint density at radius 3 is 2.38 bits per heavy atom. The Labute approximate surface area is 52.3 Å². The highest BCUT2D eigenvalue weighted by atomic mass is 14.4. The van der Waals surface area contributed by atoms with Gasteiger partial charge in [0.25, 0.3) is 0 Å². The minimum absolute atomic E-state index is 0.861. The van der Waals surface area contributed by atoms with Crippen molar-refractivity contribution in [2.75, 3.05) is 0 Å². The molecule has 1 fully saturated rings. The van der Waals surface area contributed by atoms with Crippen LogP contribution in [-0.4, -0.2) is 0 Å². The van der Waals surface area contributed by atoms with E-state index in [0.717, 1.165) is 11.8 Å². The summed E-state index contributed by atoms with van der Waals surface area (Å²) >= 11 is 0. The van der Waals surface area contributed by atoms with Crippen LogP contribution in [0.4, 0.5) is 0 Å². The van der Waals surface area contributed by atoms with Crippen molar-refractivity contribution >= 4 is 0 Å². The van der Waals surface area contributed by atoms with Gasteiger partial charge in [0.05, 0.1) is 0 Å². The van der Waals surface area contributed by atoms with E-state index in [2.05, 4.69) is 20.8 Å². The minimum Gasteiger partial charge on any atom is -0.0651 e. The molecule has 1 saturated carbocycles. The molecule has 0 bridgehead atoms. The van der Waals surface area contributed by atoms with Crippen LogP contribution < -0.4 is 0 Å². The Morgan fingerprint density at radius 1 is 1.62 bits per heavy atom. The third-order valence-corrected chi connectivity index (χ3v) is 2.08. The lowest BCUT2D eigenvalue weighted by Crippen LogP contribution is -1.88. The topological polar surface area (TPSA) is 0 Å². The molecule has 1 aliphatic carbocycles. The fourth-order valence-electron chi connectivity index (χ4n) is 1.34. The fourth-order valence-corrected chi connectivity index (χ4v) is 1.34. The van der Waals surface area contributed by atoms with Gasteiger partial charge in [0, 0.05) is 0 Å². The van der Waals surface area contributed by atoms with Gasteiger partial charge < -0.3 is 0 Å². The molecule has 0 heteroatoms. The van der Waals surface area contributed by atoms with Crippen LogP contribution in [0.1, 0.15) is 33.6 Å². The lowest BCUT2D eigenvalue weighted by molar-refractivity contribution is 0.682. The molecule has 1 aliphatic rings. The normalized spacial score (nSPS) is 29.2. The summed E-state index contributed by atoms with van der Waals surface area (Å²) in [6.45, 7) is 6.87. The molecule has 1 atom stereocenters. The van der Waals surface area contributed by atoms with Crippen molar-refractivity contribution in [2.45, 2.75) is 33.6 Å². The first kappa shape index (κ1) is 6.12. The van der Waals surface area contributed by atoms with Gasteiger partial charge in [-0.25, -0.2) is 0 Å². The van der Waals surface area contributed by atoms with Gasteiger partial charge in [0.15, 0.2) is 0 Å². The molecule has 47 valence electrons. The predicted molar refractivity (Wildman–Crippen MR) is 36.5 cm³/mol. The van der Waals surface area contributed by atoms with Gasteiger partial charge in [-0.1, -0.05) is 27.2 Å². The zero-order valence-electron chi connectivity index (χ0n) is 6.07. The quantitative estimate of drug-likeness (QED) is 0.514. The molecule has 0 aromatic rings. The third kappa shape index (κ3) is 1.04. The second-order valence-corrected chi connectivity index (χ2v) is 3.04. The number of rotatable bonds is 2. The van der Waals surface area contributed by atoms with Gasteiger partial charge in [0.2, 0.25) is 0 Å². The average molecular weight is 111 g/mol. The van der Waals surface area contributed by atoms with Gasteiger partial charge in [-0.15, -0.1) is 0 Å². The monoisotopic (exact) mass is 111 g/mol. The highest BCUT2D eigenvalue weighted by Crippen LogP contribution is 2.48. The third-order valence-electron chi connectivity index (χ3n) is 2.08. The van der Waals surface area contributed by atoms with E-state index < -0.39 is 0 Å². The number of hydrogen-bond acceptors (Lipinski definition) is 0. The van der Waals surface area contributed by atoms with Crippen LogP contribution in [0.3, 0.4) is 0 Å². The standard InChI is InChI=1S/C8H15/c1-4-7-5-8(7)6(2)3/h6-7H,4-5H2,1-3H3. The minimum atomic E-state index is 0.861. The largest absolute Gasteiger partial charge is 0.0651 e. The molecule has 1 unspecified atom stereocenters. The Kier molecular flexibility index (Phi) is 1.59. The summed E-state index contributed by atoms with van der Waals surface area (Å²) in [7, 11) is 0. The summed E-state index contributed by atoms with van der Waals surface area (Å²) < 4.78 is 0. The first-order valence-electron chi connectivity index (χ1n) is 3.61.